The number of imidazole rings is 1. The summed E-state index contributed by atoms with van der Waals surface area (Å²) < 4.78 is 3.32. The Morgan fingerprint density at radius 2 is 1.90 bits per heavy atom. The highest BCUT2D eigenvalue weighted by atomic mass is 32.1. The van der Waals surface area contributed by atoms with Gasteiger partial charge in [0, 0.05) is 17.4 Å². The molecule has 2 heterocycles. The molecule has 0 atom stereocenters. The highest BCUT2D eigenvalue weighted by Crippen LogP contribution is 2.30. The molecule has 0 fully saturated rings. The van der Waals surface area contributed by atoms with Crippen molar-refractivity contribution >= 4 is 32.2 Å². The molecule has 0 aliphatic rings. The number of nitrogens with two attached hydrogens (primary N) is 1. The summed E-state index contributed by atoms with van der Waals surface area (Å²) in [4.78, 5) is 5.72. The van der Waals surface area contributed by atoms with Crippen molar-refractivity contribution in [3.63, 3.8) is 0 Å². The fourth-order valence-electron chi connectivity index (χ4n) is 2.38. The molecule has 2 aromatic heterocycles. The van der Waals surface area contributed by atoms with Crippen LogP contribution in [0.4, 0.5) is 5.69 Å². The van der Waals surface area contributed by atoms with Crippen LogP contribution < -0.4 is 5.73 Å². The second kappa shape index (κ2) is 4.08. The fourth-order valence-corrected chi connectivity index (χ4v) is 3.37. The van der Waals surface area contributed by atoms with Gasteiger partial charge in [0.05, 0.1) is 15.9 Å². The van der Waals surface area contributed by atoms with Gasteiger partial charge in [0.1, 0.15) is 0 Å². The van der Waals surface area contributed by atoms with E-state index in [1.807, 2.05) is 12.1 Å². The monoisotopic (exact) mass is 279 g/mol. The number of hydrogen-bond donors (Lipinski definition) is 1. The molecule has 0 radical (unpaired) electrons. The van der Waals surface area contributed by atoms with Crippen LogP contribution in [0.5, 0.6) is 0 Å². The Hall–Kier alpha value is -2.33. The highest BCUT2D eigenvalue weighted by Gasteiger charge is 2.10. The summed E-state index contributed by atoms with van der Waals surface area (Å²) in [6.07, 6.45) is 2.08. The van der Waals surface area contributed by atoms with E-state index in [1.165, 1.54) is 10.3 Å². The molecule has 4 rings (SSSR count). The van der Waals surface area contributed by atoms with Gasteiger partial charge >= 0.3 is 0 Å². The summed E-state index contributed by atoms with van der Waals surface area (Å²) in [7, 11) is 0. The van der Waals surface area contributed by atoms with Crippen LogP contribution in [-0.2, 0) is 0 Å². The smallest absolute Gasteiger partial charge is 0.195 e. The summed E-state index contributed by atoms with van der Waals surface area (Å²) in [5.41, 5.74) is 11.2. The Labute approximate surface area is 120 Å². The van der Waals surface area contributed by atoms with E-state index in [2.05, 4.69) is 47.9 Å². The number of nitrogen functional groups attached to an aromatic ring is 1. The predicted octanol–water partition coefficient (Wildman–Crippen LogP) is 4.11. The molecule has 0 unspecified atom stereocenters. The number of aromatic nitrogens is 2. The standard InChI is InChI=1S/C16H13N3S/c1-10-2-4-11(5-3-10)13-9-19-14-8-12(17)6-7-15(14)20-16(19)18-13/h2-9H,17H2,1H3. The molecule has 4 aromatic rings. The van der Waals surface area contributed by atoms with Crippen molar-refractivity contribution in [1.29, 1.82) is 0 Å². The number of thiazole rings is 1. The molecule has 0 aliphatic heterocycles. The summed E-state index contributed by atoms with van der Waals surface area (Å²) in [5.74, 6) is 0. The molecule has 0 amide bonds. The van der Waals surface area contributed by atoms with E-state index < -0.39 is 0 Å². The van der Waals surface area contributed by atoms with Gasteiger partial charge in [-0.2, -0.15) is 0 Å². The Bertz CT molecular complexity index is 916. The van der Waals surface area contributed by atoms with Gasteiger partial charge in [-0.05, 0) is 25.1 Å². The third-order valence-electron chi connectivity index (χ3n) is 3.46. The van der Waals surface area contributed by atoms with Gasteiger partial charge < -0.3 is 5.73 Å². The SMILES string of the molecule is Cc1ccc(-c2cn3c(n2)sc2ccc(N)cc23)cc1. The molecule has 0 saturated carbocycles. The number of benzene rings is 2. The number of rotatable bonds is 1. The van der Waals surface area contributed by atoms with E-state index in [0.717, 1.165) is 27.4 Å². The molecule has 2 aromatic carbocycles. The Balaban J connectivity index is 1.94. The molecular formula is C16H13N3S. The first-order chi connectivity index (χ1) is 9.70. The number of fused-ring (bicyclic) bond motifs is 3. The molecule has 0 aliphatic carbocycles. The van der Waals surface area contributed by atoms with E-state index in [9.17, 15) is 0 Å². The van der Waals surface area contributed by atoms with E-state index in [4.69, 9.17) is 10.7 Å². The van der Waals surface area contributed by atoms with Gasteiger partial charge in [0.25, 0.3) is 0 Å². The second-order valence-electron chi connectivity index (χ2n) is 4.97. The van der Waals surface area contributed by atoms with Crippen LogP contribution in [0.25, 0.3) is 26.4 Å². The van der Waals surface area contributed by atoms with Crippen LogP contribution in [0, 0.1) is 6.92 Å². The molecular weight excluding hydrogens is 266 g/mol. The Morgan fingerprint density at radius 3 is 2.70 bits per heavy atom. The van der Waals surface area contributed by atoms with Gasteiger partial charge in [-0.25, -0.2) is 4.98 Å². The van der Waals surface area contributed by atoms with Crippen LogP contribution in [0.15, 0.2) is 48.7 Å². The summed E-state index contributed by atoms with van der Waals surface area (Å²) in [5, 5.41) is 0. The first-order valence-electron chi connectivity index (χ1n) is 6.45. The largest absolute Gasteiger partial charge is 0.399 e. The quantitative estimate of drug-likeness (QED) is 0.533. The molecule has 98 valence electrons. The van der Waals surface area contributed by atoms with Gasteiger partial charge in [0.15, 0.2) is 4.96 Å². The van der Waals surface area contributed by atoms with E-state index >= 15 is 0 Å². The number of nitrogens with zero attached hydrogens (tertiary/aromatic N) is 2. The van der Waals surface area contributed by atoms with Gasteiger partial charge in [0.2, 0.25) is 0 Å². The predicted molar refractivity (Wildman–Crippen MR) is 85.2 cm³/mol. The highest BCUT2D eigenvalue weighted by molar-refractivity contribution is 7.23. The zero-order chi connectivity index (χ0) is 13.7. The maximum Gasteiger partial charge on any atom is 0.195 e. The summed E-state index contributed by atoms with van der Waals surface area (Å²) >= 11 is 1.69. The number of hydrogen-bond acceptors (Lipinski definition) is 3. The van der Waals surface area contributed by atoms with Gasteiger partial charge in [-0.1, -0.05) is 41.2 Å². The third-order valence-corrected chi connectivity index (χ3v) is 4.50. The minimum atomic E-state index is 0.780. The van der Waals surface area contributed by atoms with Crippen molar-refractivity contribution in [1.82, 2.24) is 9.38 Å². The van der Waals surface area contributed by atoms with Crippen molar-refractivity contribution in [2.75, 3.05) is 5.73 Å². The molecule has 2 N–H and O–H groups in total. The average Bonchev–Trinajstić information content (AvgIpc) is 2.98. The van der Waals surface area contributed by atoms with Crippen LogP contribution in [0.3, 0.4) is 0 Å². The molecule has 0 saturated heterocycles. The normalized spacial score (nSPS) is 11.4. The third kappa shape index (κ3) is 1.69. The lowest BCUT2D eigenvalue weighted by molar-refractivity contribution is 1.30. The van der Waals surface area contributed by atoms with E-state index in [0.29, 0.717) is 0 Å². The topological polar surface area (TPSA) is 43.3 Å². The lowest BCUT2D eigenvalue weighted by Gasteiger charge is -1.97. The van der Waals surface area contributed by atoms with Crippen molar-refractivity contribution < 1.29 is 0 Å². The first-order valence-corrected chi connectivity index (χ1v) is 7.26. The van der Waals surface area contributed by atoms with Crippen molar-refractivity contribution in [3.05, 3.63) is 54.2 Å². The van der Waals surface area contributed by atoms with Crippen LogP contribution >= 0.6 is 11.3 Å². The Kier molecular flexibility index (Phi) is 2.35. The van der Waals surface area contributed by atoms with Crippen LogP contribution in [0.1, 0.15) is 5.56 Å². The molecule has 0 spiro atoms. The molecule has 3 nitrogen and oxygen atoms in total. The molecule has 20 heavy (non-hydrogen) atoms. The number of anilines is 1. The molecule has 4 heteroatoms. The summed E-state index contributed by atoms with van der Waals surface area (Å²) in [6, 6.07) is 14.4. The zero-order valence-corrected chi connectivity index (χ0v) is 11.8. The lowest BCUT2D eigenvalue weighted by atomic mass is 10.1. The van der Waals surface area contributed by atoms with Crippen LogP contribution in [0.2, 0.25) is 0 Å². The van der Waals surface area contributed by atoms with Crippen molar-refractivity contribution in [3.8, 4) is 11.3 Å². The maximum absolute atomic E-state index is 5.88. The maximum atomic E-state index is 5.88. The Morgan fingerprint density at radius 1 is 1.10 bits per heavy atom. The van der Waals surface area contributed by atoms with Gasteiger partial charge in [-0.3, -0.25) is 4.40 Å². The van der Waals surface area contributed by atoms with Crippen molar-refractivity contribution in [2.45, 2.75) is 6.92 Å². The van der Waals surface area contributed by atoms with Gasteiger partial charge in [-0.15, -0.1) is 0 Å². The van der Waals surface area contributed by atoms with Crippen LogP contribution in [-0.4, -0.2) is 9.38 Å². The average molecular weight is 279 g/mol. The summed E-state index contributed by atoms with van der Waals surface area (Å²) in [6.45, 7) is 2.09. The fraction of sp³-hybridized carbons (Fsp3) is 0.0625. The molecule has 0 bridgehead atoms. The zero-order valence-electron chi connectivity index (χ0n) is 11.0. The minimum Gasteiger partial charge on any atom is -0.399 e. The van der Waals surface area contributed by atoms with E-state index in [-0.39, 0.29) is 0 Å². The first kappa shape index (κ1) is 11.5. The van der Waals surface area contributed by atoms with E-state index in [1.54, 1.807) is 11.3 Å². The minimum absolute atomic E-state index is 0.780. The number of aryl methyl sites for hydroxylation is 1. The lowest BCUT2D eigenvalue weighted by Crippen LogP contribution is -1.84. The van der Waals surface area contributed by atoms with Crippen molar-refractivity contribution in [2.24, 2.45) is 0 Å². The second-order valence-corrected chi connectivity index (χ2v) is 5.98.